The van der Waals surface area contributed by atoms with Crippen LogP contribution >= 0.6 is 0 Å². The lowest BCUT2D eigenvalue weighted by molar-refractivity contribution is -0.133. The molecule has 1 aromatic rings. The lowest BCUT2D eigenvalue weighted by Gasteiger charge is -2.32. The molecule has 1 fully saturated rings. The normalized spacial score (nSPS) is 23.0. The molecular formula is C15H20N2O2. The van der Waals surface area contributed by atoms with Gasteiger partial charge in [-0.15, -0.1) is 0 Å². The van der Waals surface area contributed by atoms with E-state index in [1.54, 1.807) is 0 Å². The molecule has 1 aromatic carbocycles. The summed E-state index contributed by atoms with van der Waals surface area (Å²) in [5.41, 5.74) is 2.32. The molecule has 1 atom stereocenters. The van der Waals surface area contributed by atoms with Gasteiger partial charge in [-0.25, -0.2) is 0 Å². The molecule has 2 N–H and O–H groups in total. The van der Waals surface area contributed by atoms with Crippen LogP contribution in [0.25, 0.3) is 0 Å². The number of aliphatic hydroxyl groups excluding tert-OH is 1. The Morgan fingerprint density at radius 1 is 1.32 bits per heavy atom. The van der Waals surface area contributed by atoms with Gasteiger partial charge in [0.25, 0.3) is 0 Å². The molecule has 0 aliphatic carbocycles. The van der Waals surface area contributed by atoms with Crippen molar-refractivity contribution in [1.29, 1.82) is 0 Å². The third-order valence-electron chi connectivity index (χ3n) is 4.25. The minimum Gasteiger partial charge on any atom is -0.396 e. The van der Waals surface area contributed by atoms with Crippen LogP contribution in [0.3, 0.4) is 0 Å². The van der Waals surface area contributed by atoms with Gasteiger partial charge in [0, 0.05) is 31.8 Å². The van der Waals surface area contributed by atoms with Crippen LogP contribution in [0.4, 0.5) is 5.69 Å². The van der Waals surface area contributed by atoms with Gasteiger partial charge in [0.15, 0.2) is 0 Å². The molecule has 2 aliphatic heterocycles. The fourth-order valence-corrected chi connectivity index (χ4v) is 3.00. The van der Waals surface area contributed by atoms with E-state index in [1.807, 2.05) is 23.1 Å². The zero-order valence-electron chi connectivity index (χ0n) is 11.0. The highest BCUT2D eigenvalue weighted by Crippen LogP contribution is 2.27. The molecule has 4 heteroatoms. The molecular weight excluding hydrogens is 240 g/mol. The molecule has 3 rings (SSSR count). The van der Waals surface area contributed by atoms with Crippen molar-refractivity contribution >= 4 is 11.6 Å². The van der Waals surface area contributed by atoms with Gasteiger partial charge >= 0.3 is 0 Å². The summed E-state index contributed by atoms with van der Waals surface area (Å²) in [6.45, 7) is 1.80. The molecule has 2 heterocycles. The number of aliphatic hydroxyl groups is 1. The lowest BCUT2D eigenvalue weighted by Crippen LogP contribution is -2.46. The number of fused-ring (bicyclic) bond motifs is 1. The highest BCUT2D eigenvalue weighted by molar-refractivity contribution is 5.87. The Bertz CT molecular complexity index is 442. The molecule has 0 spiro atoms. The third kappa shape index (κ3) is 2.45. The predicted octanol–water partition coefficient (Wildman–Crippen LogP) is 1.25. The number of rotatable bonds is 2. The number of piperidine rings is 1. The van der Waals surface area contributed by atoms with Gasteiger partial charge in [0.1, 0.15) is 6.04 Å². The summed E-state index contributed by atoms with van der Waals surface area (Å²) < 4.78 is 0. The maximum atomic E-state index is 12.5. The lowest BCUT2D eigenvalue weighted by atomic mass is 9.97. The molecule has 102 valence electrons. The van der Waals surface area contributed by atoms with Gasteiger partial charge in [-0.2, -0.15) is 0 Å². The number of nitrogens with zero attached hydrogens (tertiary/aromatic N) is 1. The van der Waals surface area contributed by atoms with Crippen molar-refractivity contribution in [3.63, 3.8) is 0 Å². The molecule has 0 radical (unpaired) electrons. The summed E-state index contributed by atoms with van der Waals surface area (Å²) in [4.78, 5) is 14.4. The SMILES string of the molecule is O=C(C1Cc2ccccc2N1)N1CCC(CO)CC1. The number of anilines is 1. The van der Waals surface area contributed by atoms with Crippen molar-refractivity contribution in [2.45, 2.75) is 25.3 Å². The van der Waals surface area contributed by atoms with Crippen LogP contribution in [0, 0.1) is 5.92 Å². The number of hydrogen-bond donors (Lipinski definition) is 2. The first-order valence-electron chi connectivity index (χ1n) is 7.02. The molecule has 0 aromatic heterocycles. The fraction of sp³-hybridized carbons (Fsp3) is 0.533. The maximum absolute atomic E-state index is 12.5. The number of benzene rings is 1. The zero-order valence-corrected chi connectivity index (χ0v) is 11.0. The van der Waals surface area contributed by atoms with E-state index in [2.05, 4.69) is 11.4 Å². The molecule has 1 unspecified atom stereocenters. The largest absolute Gasteiger partial charge is 0.396 e. The zero-order chi connectivity index (χ0) is 13.2. The number of carbonyl (C=O) groups excluding carboxylic acids is 1. The summed E-state index contributed by atoms with van der Waals surface area (Å²) in [5, 5.41) is 12.4. The van der Waals surface area contributed by atoms with E-state index in [0.717, 1.165) is 38.0 Å². The van der Waals surface area contributed by atoms with Gasteiger partial charge < -0.3 is 15.3 Å². The van der Waals surface area contributed by atoms with Crippen LogP contribution in [0.2, 0.25) is 0 Å². The standard InChI is InChI=1S/C15H20N2O2/c18-10-11-5-7-17(8-6-11)15(19)14-9-12-3-1-2-4-13(12)16-14/h1-4,11,14,16,18H,5-10H2. The highest BCUT2D eigenvalue weighted by Gasteiger charge is 2.31. The Morgan fingerprint density at radius 3 is 2.74 bits per heavy atom. The maximum Gasteiger partial charge on any atom is 0.245 e. The van der Waals surface area contributed by atoms with Crippen LogP contribution in [0.15, 0.2) is 24.3 Å². The number of carbonyl (C=O) groups is 1. The second-order valence-corrected chi connectivity index (χ2v) is 5.51. The van der Waals surface area contributed by atoms with Crippen LogP contribution < -0.4 is 5.32 Å². The van der Waals surface area contributed by atoms with E-state index in [9.17, 15) is 4.79 Å². The predicted molar refractivity (Wildman–Crippen MR) is 73.9 cm³/mol. The van der Waals surface area contributed by atoms with Crippen molar-refractivity contribution in [1.82, 2.24) is 4.90 Å². The minimum absolute atomic E-state index is 0.108. The Hall–Kier alpha value is -1.55. The number of nitrogens with one attached hydrogen (secondary N) is 1. The van der Waals surface area contributed by atoms with Crippen molar-refractivity contribution in [2.24, 2.45) is 5.92 Å². The van der Waals surface area contributed by atoms with Crippen LogP contribution in [-0.2, 0) is 11.2 Å². The monoisotopic (exact) mass is 260 g/mol. The van der Waals surface area contributed by atoms with Crippen molar-refractivity contribution in [2.75, 3.05) is 25.0 Å². The van der Waals surface area contributed by atoms with Crippen LogP contribution in [0.5, 0.6) is 0 Å². The Balaban J connectivity index is 1.61. The first-order chi connectivity index (χ1) is 9.28. The Labute approximate surface area is 113 Å². The topological polar surface area (TPSA) is 52.6 Å². The summed E-state index contributed by atoms with van der Waals surface area (Å²) in [5.74, 6) is 0.574. The van der Waals surface area contributed by atoms with E-state index in [0.29, 0.717) is 5.92 Å². The van der Waals surface area contributed by atoms with Crippen molar-refractivity contribution < 1.29 is 9.90 Å². The highest BCUT2D eigenvalue weighted by atomic mass is 16.3. The van der Waals surface area contributed by atoms with Gasteiger partial charge in [-0.1, -0.05) is 18.2 Å². The molecule has 4 nitrogen and oxygen atoms in total. The van der Waals surface area contributed by atoms with E-state index >= 15 is 0 Å². The molecule has 0 bridgehead atoms. The summed E-state index contributed by atoms with van der Waals surface area (Å²) >= 11 is 0. The third-order valence-corrected chi connectivity index (χ3v) is 4.25. The van der Waals surface area contributed by atoms with E-state index in [4.69, 9.17) is 5.11 Å². The minimum atomic E-state index is -0.108. The van der Waals surface area contributed by atoms with Crippen molar-refractivity contribution in [3.8, 4) is 0 Å². The first kappa shape index (κ1) is 12.5. The second-order valence-electron chi connectivity index (χ2n) is 5.51. The van der Waals surface area contributed by atoms with Crippen LogP contribution in [0.1, 0.15) is 18.4 Å². The van der Waals surface area contributed by atoms with Crippen LogP contribution in [-0.4, -0.2) is 41.7 Å². The fourth-order valence-electron chi connectivity index (χ4n) is 3.00. The molecule has 0 saturated carbocycles. The quantitative estimate of drug-likeness (QED) is 0.841. The number of amides is 1. The smallest absolute Gasteiger partial charge is 0.245 e. The summed E-state index contributed by atoms with van der Waals surface area (Å²) in [6, 6.07) is 8.00. The number of para-hydroxylation sites is 1. The van der Waals surface area contributed by atoms with E-state index in [-0.39, 0.29) is 18.6 Å². The number of hydrogen-bond acceptors (Lipinski definition) is 3. The van der Waals surface area contributed by atoms with Gasteiger partial charge in [-0.3, -0.25) is 4.79 Å². The molecule has 1 saturated heterocycles. The van der Waals surface area contributed by atoms with E-state index in [1.165, 1.54) is 5.56 Å². The summed E-state index contributed by atoms with van der Waals surface area (Å²) in [7, 11) is 0. The Kier molecular flexibility index (Phi) is 3.42. The average molecular weight is 260 g/mol. The van der Waals surface area contributed by atoms with Gasteiger partial charge in [0.05, 0.1) is 0 Å². The van der Waals surface area contributed by atoms with E-state index < -0.39 is 0 Å². The summed E-state index contributed by atoms with van der Waals surface area (Å²) in [6.07, 6.45) is 2.62. The number of likely N-dealkylation sites (tertiary alicyclic amines) is 1. The Morgan fingerprint density at radius 2 is 2.05 bits per heavy atom. The first-order valence-corrected chi connectivity index (χ1v) is 7.02. The molecule has 19 heavy (non-hydrogen) atoms. The molecule has 1 amide bonds. The molecule has 2 aliphatic rings. The van der Waals surface area contributed by atoms with Gasteiger partial charge in [-0.05, 0) is 30.4 Å². The van der Waals surface area contributed by atoms with Gasteiger partial charge in [0.2, 0.25) is 5.91 Å². The second kappa shape index (κ2) is 5.21. The average Bonchev–Trinajstić information content (AvgIpc) is 2.90. The van der Waals surface area contributed by atoms with Crippen molar-refractivity contribution in [3.05, 3.63) is 29.8 Å².